The van der Waals surface area contributed by atoms with Crippen molar-refractivity contribution in [3.63, 3.8) is 0 Å². The molecule has 4 heteroatoms. The smallest absolute Gasteiger partial charge is 0.0931 e. The average molecular weight is 282 g/mol. The molecule has 0 saturated heterocycles. The van der Waals surface area contributed by atoms with Gasteiger partial charge in [0, 0.05) is 29.7 Å². The van der Waals surface area contributed by atoms with Gasteiger partial charge in [0.2, 0.25) is 0 Å². The van der Waals surface area contributed by atoms with E-state index in [1.165, 1.54) is 10.9 Å². The second-order valence-corrected chi connectivity index (χ2v) is 5.36. The number of aryl methyl sites for hydroxylation is 1. The quantitative estimate of drug-likeness (QED) is 0.552. The van der Waals surface area contributed by atoms with E-state index in [1.807, 2.05) is 13.1 Å². The summed E-state index contributed by atoms with van der Waals surface area (Å²) >= 11 is 6.39. The largest absolute Gasteiger partial charge is 0.351 e. The van der Waals surface area contributed by atoms with Gasteiger partial charge in [-0.15, -0.1) is 0 Å². The molecular formula is C16H12ClN3. The number of imidazole rings is 1. The molecule has 0 fully saturated rings. The van der Waals surface area contributed by atoms with Crippen LogP contribution in [0.3, 0.4) is 0 Å². The maximum atomic E-state index is 6.39. The van der Waals surface area contributed by atoms with Gasteiger partial charge in [0.15, 0.2) is 0 Å². The van der Waals surface area contributed by atoms with E-state index in [-0.39, 0.29) is 0 Å². The Morgan fingerprint density at radius 1 is 1.15 bits per heavy atom. The number of benzene rings is 2. The molecule has 3 nitrogen and oxygen atoms in total. The predicted octanol–water partition coefficient (Wildman–Crippen LogP) is 4.38. The molecule has 0 spiro atoms. The highest BCUT2D eigenvalue weighted by Gasteiger charge is 2.08. The van der Waals surface area contributed by atoms with E-state index < -0.39 is 0 Å². The van der Waals surface area contributed by atoms with Gasteiger partial charge in [-0.05, 0) is 35.9 Å². The third kappa shape index (κ3) is 1.63. The topological polar surface area (TPSA) is 33.6 Å². The summed E-state index contributed by atoms with van der Waals surface area (Å²) in [5.41, 5.74) is 5.24. The highest BCUT2D eigenvalue weighted by Crippen LogP contribution is 2.32. The summed E-state index contributed by atoms with van der Waals surface area (Å²) in [6, 6.07) is 12.5. The third-order valence-electron chi connectivity index (χ3n) is 3.71. The first-order chi connectivity index (χ1) is 9.72. The van der Waals surface area contributed by atoms with E-state index in [1.54, 1.807) is 6.33 Å². The number of halogens is 1. The summed E-state index contributed by atoms with van der Waals surface area (Å²) in [6.45, 7) is 0. The minimum absolute atomic E-state index is 0.722. The SMILES string of the molecule is Cn1ccc2cc(-c3cc4[nH]cnc4cc3Cl)ccc21. The fourth-order valence-corrected chi connectivity index (χ4v) is 2.89. The van der Waals surface area contributed by atoms with Crippen LogP contribution in [0.25, 0.3) is 33.1 Å². The number of nitrogens with one attached hydrogen (secondary N) is 1. The Morgan fingerprint density at radius 3 is 2.95 bits per heavy atom. The van der Waals surface area contributed by atoms with Gasteiger partial charge in [-0.3, -0.25) is 0 Å². The van der Waals surface area contributed by atoms with Crippen molar-refractivity contribution in [2.45, 2.75) is 0 Å². The summed E-state index contributed by atoms with van der Waals surface area (Å²) in [7, 11) is 2.05. The molecule has 98 valence electrons. The van der Waals surface area contributed by atoms with Crippen molar-refractivity contribution >= 4 is 33.5 Å². The standard InChI is InChI=1S/C16H12ClN3/c1-20-5-4-11-6-10(2-3-16(11)20)12-7-14-15(8-13(12)17)19-9-18-14/h2-9H,1H3,(H,18,19). The number of fused-ring (bicyclic) bond motifs is 2. The van der Waals surface area contributed by atoms with Crippen LogP contribution in [0.2, 0.25) is 5.02 Å². The van der Waals surface area contributed by atoms with Crippen LogP contribution >= 0.6 is 11.6 Å². The van der Waals surface area contributed by atoms with Gasteiger partial charge in [-0.2, -0.15) is 0 Å². The highest BCUT2D eigenvalue weighted by molar-refractivity contribution is 6.34. The van der Waals surface area contributed by atoms with Gasteiger partial charge in [-0.1, -0.05) is 17.7 Å². The molecule has 4 aromatic rings. The number of hydrogen-bond donors (Lipinski definition) is 1. The van der Waals surface area contributed by atoms with Crippen LogP contribution in [0.15, 0.2) is 48.9 Å². The van der Waals surface area contributed by atoms with Crippen LogP contribution in [0.1, 0.15) is 0 Å². The van der Waals surface area contributed by atoms with Crippen LogP contribution in [0.5, 0.6) is 0 Å². The van der Waals surface area contributed by atoms with Gasteiger partial charge < -0.3 is 9.55 Å². The number of H-pyrrole nitrogens is 1. The van der Waals surface area contributed by atoms with Gasteiger partial charge in [-0.25, -0.2) is 4.98 Å². The first-order valence-electron chi connectivity index (χ1n) is 6.40. The van der Waals surface area contributed by atoms with Crippen LogP contribution in [-0.2, 0) is 7.05 Å². The van der Waals surface area contributed by atoms with Crippen LogP contribution in [0, 0.1) is 0 Å². The van der Waals surface area contributed by atoms with Crippen LogP contribution < -0.4 is 0 Å². The van der Waals surface area contributed by atoms with Gasteiger partial charge in [0.1, 0.15) is 0 Å². The number of rotatable bonds is 1. The maximum absolute atomic E-state index is 6.39. The molecule has 0 bridgehead atoms. The second kappa shape index (κ2) is 4.12. The Morgan fingerprint density at radius 2 is 2.05 bits per heavy atom. The van der Waals surface area contributed by atoms with E-state index in [0.29, 0.717) is 0 Å². The molecule has 4 rings (SSSR count). The second-order valence-electron chi connectivity index (χ2n) is 4.95. The van der Waals surface area contributed by atoms with E-state index in [2.05, 4.69) is 51.1 Å². The number of hydrogen-bond acceptors (Lipinski definition) is 1. The molecule has 2 aromatic heterocycles. The molecule has 0 aliphatic rings. The molecule has 2 aromatic carbocycles. The van der Waals surface area contributed by atoms with Crippen molar-refractivity contribution in [1.29, 1.82) is 0 Å². The lowest BCUT2D eigenvalue weighted by molar-refractivity contribution is 0.969. The zero-order valence-corrected chi connectivity index (χ0v) is 11.6. The van der Waals surface area contributed by atoms with Crippen LogP contribution in [0.4, 0.5) is 0 Å². The molecule has 0 amide bonds. The predicted molar refractivity (Wildman–Crippen MR) is 83.0 cm³/mol. The van der Waals surface area contributed by atoms with Gasteiger partial charge in [0.25, 0.3) is 0 Å². The lowest BCUT2D eigenvalue weighted by Crippen LogP contribution is -1.85. The fraction of sp³-hybridized carbons (Fsp3) is 0.0625. The molecule has 1 N–H and O–H groups in total. The molecule has 0 aliphatic carbocycles. The third-order valence-corrected chi connectivity index (χ3v) is 4.02. The molecule has 2 heterocycles. The average Bonchev–Trinajstić information content (AvgIpc) is 3.04. The normalized spacial score (nSPS) is 11.5. The maximum Gasteiger partial charge on any atom is 0.0931 e. The molecule has 0 saturated carbocycles. The van der Waals surface area contributed by atoms with E-state index in [4.69, 9.17) is 11.6 Å². The lowest BCUT2D eigenvalue weighted by atomic mass is 10.0. The Kier molecular flexibility index (Phi) is 2.38. The summed E-state index contributed by atoms with van der Waals surface area (Å²) in [5.74, 6) is 0. The molecule has 20 heavy (non-hydrogen) atoms. The van der Waals surface area contributed by atoms with E-state index in [9.17, 15) is 0 Å². The molecule has 0 aliphatic heterocycles. The number of aromatic amines is 1. The first-order valence-corrected chi connectivity index (χ1v) is 6.78. The van der Waals surface area contributed by atoms with E-state index in [0.717, 1.165) is 27.2 Å². The van der Waals surface area contributed by atoms with Crippen molar-refractivity contribution in [3.05, 3.63) is 53.9 Å². The Balaban J connectivity index is 1.97. The van der Waals surface area contributed by atoms with Crippen LogP contribution in [-0.4, -0.2) is 14.5 Å². The summed E-state index contributed by atoms with van der Waals surface area (Å²) in [6.07, 6.45) is 3.75. The summed E-state index contributed by atoms with van der Waals surface area (Å²) < 4.78 is 2.11. The van der Waals surface area contributed by atoms with Crippen molar-refractivity contribution < 1.29 is 0 Å². The molecule has 0 radical (unpaired) electrons. The minimum atomic E-state index is 0.722. The van der Waals surface area contributed by atoms with Crippen molar-refractivity contribution in [2.24, 2.45) is 7.05 Å². The summed E-state index contributed by atoms with van der Waals surface area (Å²) in [5, 5.41) is 1.94. The highest BCUT2D eigenvalue weighted by atomic mass is 35.5. The zero-order chi connectivity index (χ0) is 13.7. The van der Waals surface area contributed by atoms with Gasteiger partial charge in [0.05, 0.1) is 22.4 Å². The number of aromatic nitrogens is 3. The zero-order valence-electron chi connectivity index (χ0n) is 10.9. The Bertz CT molecular complexity index is 933. The van der Waals surface area contributed by atoms with Gasteiger partial charge >= 0.3 is 0 Å². The van der Waals surface area contributed by atoms with Crippen molar-refractivity contribution in [1.82, 2.24) is 14.5 Å². The number of nitrogens with zero attached hydrogens (tertiary/aromatic N) is 2. The lowest BCUT2D eigenvalue weighted by Gasteiger charge is -2.06. The molecular weight excluding hydrogens is 270 g/mol. The minimum Gasteiger partial charge on any atom is -0.351 e. The summed E-state index contributed by atoms with van der Waals surface area (Å²) in [4.78, 5) is 7.35. The Hall–Kier alpha value is -2.26. The Labute approximate surface area is 120 Å². The van der Waals surface area contributed by atoms with Crippen molar-refractivity contribution in [2.75, 3.05) is 0 Å². The molecule has 0 unspecified atom stereocenters. The first kappa shape index (κ1) is 11.6. The fourth-order valence-electron chi connectivity index (χ4n) is 2.63. The monoisotopic (exact) mass is 281 g/mol. The van der Waals surface area contributed by atoms with Crippen molar-refractivity contribution in [3.8, 4) is 11.1 Å². The van der Waals surface area contributed by atoms with E-state index >= 15 is 0 Å². The molecule has 0 atom stereocenters.